The summed E-state index contributed by atoms with van der Waals surface area (Å²) in [6.07, 6.45) is -0.671. The minimum absolute atomic E-state index is 0.457. The molecule has 0 saturated heterocycles. The highest BCUT2D eigenvalue weighted by atomic mass is 16.4. The fraction of sp³-hybridized carbons (Fsp3) is 1.00. The van der Waals surface area contributed by atoms with Gasteiger partial charge >= 0.3 is 0 Å². The van der Waals surface area contributed by atoms with Gasteiger partial charge in [-0.1, -0.05) is 20.8 Å². The fourth-order valence-electron chi connectivity index (χ4n) is 1.43. The van der Waals surface area contributed by atoms with Crippen molar-refractivity contribution in [3.63, 3.8) is 0 Å². The van der Waals surface area contributed by atoms with E-state index in [2.05, 4.69) is 19.2 Å². The topological polar surface area (TPSA) is 72.7 Å². The largest absolute Gasteiger partial charge is 0.390 e. The van der Waals surface area contributed by atoms with Gasteiger partial charge in [-0.3, -0.25) is 0 Å². The predicted octanol–water partition coefficient (Wildman–Crippen LogP) is 0.505. The zero-order chi connectivity index (χ0) is 12.6. The Hall–Kier alpha value is -0.160. The van der Waals surface area contributed by atoms with Crippen LogP contribution in [0.2, 0.25) is 0 Å². The van der Waals surface area contributed by atoms with Crippen molar-refractivity contribution in [1.82, 2.24) is 5.32 Å². The Kier molecular flexibility index (Phi) is 8.84. The van der Waals surface area contributed by atoms with Crippen molar-refractivity contribution in [1.29, 1.82) is 0 Å². The molecule has 3 unspecified atom stereocenters. The first-order valence-corrected chi connectivity index (χ1v) is 6.23. The van der Waals surface area contributed by atoms with Gasteiger partial charge in [-0.15, -0.1) is 0 Å². The molecule has 4 N–H and O–H groups in total. The van der Waals surface area contributed by atoms with Crippen molar-refractivity contribution in [2.24, 2.45) is 5.92 Å². The molecule has 0 saturated carbocycles. The first-order chi connectivity index (χ1) is 7.49. The van der Waals surface area contributed by atoms with E-state index in [-0.39, 0.29) is 0 Å². The van der Waals surface area contributed by atoms with E-state index in [0.717, 1.165) is 13.0 Å². The summed E-state index contributed by atoms with van der Waals surface area (Å²) in [4.78, 5) is 0. The van der Waals surface area contributed by atoms with Crippen LogP contribution in [0, 0.1) is 5.92 Å². The molecule has 0 aliphatic carbocycles. The molecule has 0 amide bonds. The minimum Gasteiger partial charge on any atom is -0.390 e. The monoisotopic (exact) mass is 233 g/mol. The average molecular weight is 233 g/mol. The summed E-state index contributed by atoms with van der Waals surface area (Å²) < 4.78 is 0. The summed E-state index contributed by atoms with van der Waals surface area (Å²) >= 11 is 0. The third-order valence-electron chi connectivity index (χ3n) is 2.72. The Bertz CT molecular complexity index is 164. The van der Waals surface area contributed by atoms with Crippen molar-refractivity contribution >= 4 is 0 Å². The Labute approximate surface area is 98.7 Å². The van der Waals surface area contributed by atoms with E-state index in [1.807, 2.05) is 0 Å². The molecule has 4 nitrogen and oxygen atoms in total. The number of hydrogen-bond donors (Lipinski definition) is 4. The van der Waals surface area contributed by atoms with E-state index in [1.165, 1.54) is 0 Å². The molecule has 0 aromatic carbocycles. The number of nitrogens with one attached hydrogen (secondary N) is 1. The lowest BCUT2D eigenvalue weighted by Crippen LogP contribution is -2.38. The Morgan fingerprint density at radius 1 is 0.938 bits per heavy atom. The molecule has 0 bridgehead atoms. The molecule has 0 fully saturated rings. The van der Waals surface area contributed by atoms with Crippen molar-refractivity contribution in [3.8, 4) is 0 Å². The second-order valence-corrected chi connectivity index (χ2v) is 4.75. The molecule has 0 aliphatic rings. The lowest BCUT2D eigenvalue weighted by molar-refractivity contribution is -0.0619. The van der Waals surface area contributed by atoms with Gasteiger partial charge in [0.25, 0.3) is 0 Å². The van der Waals surface area contributed by atoms with Crippen LogP contribution in [0.3, 0.4) is 0 Å². The van der Waals surface area contributed by atoms with Crippen molar-refractivity contribution < 1.29 is 15.3 Å². The SMILES string of the molecule is CCC(O)C(O)C(O)CCNCCC(C)C. The third kappa shape index (κ3) is 7.17. The van der Waals surface area contributed by atoms with E-state index in [1.54, 1.807) is 6.92 Å². The summed E-state index contributed by atoms with van der Waals surface area (Å²) in [6.45, 7) is 7.70. The van der Waals surface area contributed by atoms with Crippen LogP contribution < -0.4 is 5.32 Å². The third-order valence-corrected chi connectivity index (χ3v) is 2.72. The summed E-state index contributed by atoms with van der Waals surface area (Å²) in [5, 5.41) is 31.6. The van der Waals surface area contributed by atoms with Crippen LogP contribution in [-0.4, -0.2) is 46.7 Å². The van der Waals surface area contributed by atoms with Gasteiger partial charge in [0.05, 0.1) is 12.2 Å². The number of hydrogen-bond acceptors (Lipinski definition) is 4. The lowest BCUT2D eigenvalue weighted by atomic mass is 10.0. The second-order valence-electron chi connectivity index (χ2n) is 4.75. The molecular formula is C12H27NO3. The van der Waals surface area contributed by atoms with Crippen LogP contribution >= 0.6 is 0 Å². The van der Waals surface area contributed by atoms with Gasteiger partial charge in [0.2, 0.25) is 0 Å². The zero-order valence-electron chi connectivity index (χ0n) is 10.7. The molecule has 4 heteroatoms. The summed E-state index contributed by atoms with van der Waals surface area (Å²) in [7, 11) is 0. The lowest BCUT2D eigenvalue weighted by Gasteiger charge is -2.22. The van der Waals surface area contributed by atoms with Gasteiger partial charge in [0.15, 0.2) is 0 Å². The number of aliphatic hydroxyl groups excluding tert-OH is 3. The summed E-state index contributed by atoms with van der Waals surface area (Å²) in [5.74, 6) is 0.671. The van der Waals surface area contributed by atoms with Crippen LogP contribution in [0.4, 0.5) is 0 Å². The number of aliphatic hydroxyl groups is 3. The molecule has 16 heavy (non-hydrogen) atoms. The normalized spacial score (nSPS) is 17.4. The van der Waals surface area contributed by atoms with E-state index >= 15 is 0 Å². The molecule has 0 spiro atoms. The summed E-state index contributed by atoms with van der Waals surface area (Å²) in [5.41, 5.74) is 0. The minimum atomic E-state index is -1.03. The molecular weight excluding hydrogens is 206 g/mol. The van der Waals surface area contributed by atoms with Gasteiger partial charge in [0, 0.05) is 0 Å². The molecule has 0 aromatic rings. The standard InChI is InChI=1S/C12H27NO3/c1-4-10(14)12(16)11(15)6-8-13-7-5-9(2)3/h9-16H,4-8H2,1-3H3. The second kappa shape index (κ2) is 8.93. The molecule has 0 aromatic heterocycles. The smallest absolute Gasteiger partial charge is 0.106 e. The molecule has 0 rings (SSSR count). The highest BCUT2D eigenvalue weighted by molar-refractivity contribution is 4.74. The first kappa shape index (κ1) is 15.8. The quantitative estimate of drug-likeness (QED) is 0.438. The zero-order valence-corrected chi connectivity index (χ0v) is 10.7. The molecule has 98 valence electrons. The maximum atomic E-state index is 9.58. The van der Waals surface area contributed by atoms with Gasteiger partial charge in [-0.2, -0.15) is 0 Å². The fourth-order valence-corrected chi connectivity index (χ4v) is 1.43. The Balaban J connectivity index is 3.53. The van der Waals surface area contributed by atoms with Crippen molar-refractivity contribution in [3.05, 3.63) is 0 Å². The summed E-state index contributed by atoms with van der Waals surface area (Å²) in [6, 6.07) is 0. The van der Waals surface area contributed by atoms with Gasteiger partial charge < -0.3 is 20.6 Å². The highest BCUT2D eigenvalue weighted by Gasteiger charge is 2.22. The van der Waals surface area contributed by atoms with E-state index in [9.17, 15) is 15.3 Å². The predicted molar refractivity (Wildman–Crippen MR) is 65.3 cm³/mol. The van der Waals surface area contributed by atoms with Crippen LogP contribution in [0.1, 0.15) is 40.0 Å². The van der Waals surface area contributed by atoms with E-state index in [0.29, 0.717) is 25.3 Å². The first-order valence-electron chi connectivity index (χ1n) is 6.23. The van der Waals surface area contributed by atoms with Gasteiger partial charge in [-0.05, 0) is 38.3 Å². The maximum absolute atomic E-state index is 9.58. The number of rotatable bonds is 9. The Morgan fingerprint density at radius 3 is 2.00 bits per heavy atom. The van der Waals surface area contributed by atoms with E-state index in [4.69, 9.17) is 0 Å². The van der Waals surface area contributed by atoms with Gasteiger partial charge in [-0.25, -0.2) is 0 Å². The van der Waals surface area contributed by atoms with Gasteiger partial charge in [0.1, 0.15) is 6.10 Å². The Morgan fingerprint density at radius 2 is 1.50 bits per heavy atom. The van der Waals surface area contributed by atoms with Crippen molar-refractivity contribution in [2.45, 2.75) is 58.3 Å². The molecule has 0 radical (unpaired) electrons. The maximum Gasteiger partial charge on any atom is 0.106 e. The van der Waals surface area contributed by atoms with Crippen LogP contribution in [-0.2, 0) is 0 Å². The molecule has 3 atom stereocenters. The van der Waals surface area contributed by atoms with E-state index < -0.39 is 18.3 Å². The van der Waals surface area contributed by atoms with Crippen LogP contribution in [0.5, 0.6) is 0 Å². The van der Waals surface area contributed by atoms with Crippen molar-refractivity contribution in [2.75, 3.05) is 13.1 Å². The highest BCUT2D eigenvalue weighted by Crippen LogP contribution is 2.06. The van der Waals surface area contributed by atoms with Crippen LogP contribution in [0.25, 0.3) is 0 Å². The molecule has 0 heterocycles. The average Bonchev–Trinajstić information content (AvgIpc) is 2.25. The van der Waals surface area contributed by atoms with Crippen LogP contribution in [0.15, 0.2) is 0 Å². The molecule has 0 aliphatic heterocycles.